The molecule has 1 aromatic heterocycles. The van der Waals surface area contributed by atoms with Crippen LogP contribution in [0.15, 0.2) is 53.7 Å². The molecule has 0 spiro atoms. The Morgan fingerprint density at radius 3 is 2.75 bits per heavy atom. The number of aliphatic hydroxyl groups is 1. The zero-order chi connectivity index (χ0) is 23.0. The van der Waals surface area contributed by atoms with Crippen molar-refractivity contribution < 1.29 is 27.1 Å². The SMILES string of the molecule is Cc1cncc2c(S(=O)(=O)N3CC[C@@H](NC(=O)C(O)c4ccc(F)cc4F)C3)cccc12. The lowest BCUT2D eigenvalue weighted by molar-refractivity contribution is -0.130. The van der Waals surface area contributed by atoms with Crippen molar-refractivity contribution in [2.24, 2.45) is 0 Å². The maximum atomic E-state index is 13.9. The lowest BCUT2D eigenvalue weighted by Gasteiger charge is -2.19. The third-order valence-corrected chi connectivity index (χ3v) is 7.51. The number of aryl methyl sites for hydroxylation is 1. The average molecular weight is 461 g/mol. The first-order chi connectivity index (χ1) is 15.2. The monoisotopic (exact) mass is 461 g/mol. The first kappa shape index (κ1) is 22.3. The highest BCUT2D eigenvalue weighted by atomic mass is 32.2. The van der Waals surface area contributed by atoms with Crippen LogP contribution < -0.4 is 5.32 Å². The van der Waals surface area contributed by atoms with Crippen molar-refractivity contribution in [1.82, 2.24) is 14.6 Å². The second kappa shape index (κ2) is 8.53. The average Bonchev–Trinajstić information content (AvgIpc) is 3.22. The number of fused-ring (bicyclic) bond motifs is 1. The fraction of sp³-hybridized carbons (Fsp3) is 0.273. The third-order valence-electron chi connectivity index (χ3n) is 5.58. The maximum Gasteiger partial charge on any atom is 0.253 e. The van der Waals surface area contributed by atoms with Gasteiger partial charge in [0.1, 0.15) is 11.6 Å². The summed E-state index contributed by atoms with van der Waals surface area (Å²) in [6.07, 6.45) is 1.66. The van der Waals surface area contributed by atoms with Gasteiger partial charge in [-0.2, -0.15) is 4.31 Å². The standard InChI is InChI=1S/C22H21F2N3O4S/c1-13-10-25-11-18-16(13)3-2-4-20(18)32(30,31)27-8-7-15(12-27)26-22(29)21(28)17-6-5-14(23)9-19(17)24/h2-6,9-11,15,21,28H,7-8,12H2,1H3,(H,26,29)/t15-,21?/m1/s1. The zero-order valence-electron chi connectivity index (χ0n) is 17.1. The van der Waals surface area contributed by atoms with Crippen molar-refractivity contribution in [3.05, 3.63) is 71.6 Å². The molecule has 7 nitrogen and oxygen atoms in total. The van der Waals surface area contributed by atoms with Crippen molar-refractivity contribution in [1.29, 1.82) is 0 Å². The van der Waals surface area contributed by atoms with Crippen molar-refractivity contribution >= 4 is 26.7 Å². The van der Waals surface area contributed by atoms with Crippen LogP contribution in [0.2, 0.25) is 0 Å². The van der Waals surface area contributed by atoms with Gasteiger partial charge in [0, 0.05) is 48.5 Å². The van der Waals surface area contributed by atoms with Crippen LogP contribution in [-0.4, -0.2) is 47.9 Å². The van der Waals surface area contributed by atoms with E-state index in [2.05, 4.69) is 10.3 Å². The molecule has 0 bridgehead atoms. The van der Waals surface area contributed by atoms with Crippen molar-refractivity contribution in [3.63, 3.8) is 0 Å². The molecule has 0 radical (unpaired) electrons. The molecule has 168 valence electrons. The fourth-order valence-electron chi connectivity index (χ4n) is 3.89. The Balaban J connectivity index is 1.50. The molecule has 3 aromatic rings. The van der Waals surface area contributed by atoms with E-state index in [1.54, 1.807) is 12.3 Å². The molecule has 4 rings (SSSR count). The van der Waals surface area contributed by atoms with E-state index in [1.807, 2.05) is 13.0 Å². The second-order valence-electron chi connectivity index (χ2n) is 7.73. The summed E-state index contributed by atoms with van der Waals surface area (Å²) < 4.78 is 54.7. The Hall–Kier alpha value is -2.95. The first-order valence-electron chi connectivity index (χ1n) is 9.95. The molecular weight excluding hydrogens is 440 g/mol. The zero-order valence-corrected chi connectivity index (χ0v) is 17.9. The van der Waals surface area contributed by atoms with Crippen LogP contribution in [0, 0.1) is 18.6 Å². The van der Waals surface area contributed by atoms with E-state index in [1.165, 1.54) is 16.6 Å². The van der Waals surface area contributed by atoms with Crippen LogP contribution in [-0.2, 0) is 14.8 Å². The van der Waals surface area contributed by atoms with Crippen molar-refractivity contribution in [2.45, 2.75) is 30.4 Å². The molecule has 1 fully saturated rings. The number of nitrogens with one attached hydrogen (secondary N) is 1. The summed E-state index contributed by atoms with van der Waals surface area (Å²) in [5, 5.41) is 14.0. The summed E-state index contributed by atoms with van der Waals surface area (Å²) in [7, 11) is -3.86. The minimum atomic E-state index is -3.86. The smallest absolute Gasteiger partial charge is 0.253 e. The number of amides is 1. The number of hydrogen-bond donors (Lipinski definition) is 2. The molecule has 1 saturated heterocycles. The van der Waals surface area contributed by atoms with Gasteiger partial charge >= 0.3 is 0 Å². The fourth-order valence-corrected chi connectivity index (χ4v) is 5.58. The number of sulfonamides is 1. The summed E-state index contributed by atoms with van der Waals surface area (Å²) in [5.41, 5.74) is 0.498. The number of aliphatic hydroxyl groups excluding tert-OH is 1. The van der Waals surface area contributed by atoms with Gasteiger partial charge in [0.15, 0.2) is 6.10 Å². The predicted molar refractivity (Wildman–Crippen MR) is 113 cm³/mol. The van der Waals surface area contributed by atoms with Crippen LogP contribution >= 0.6 is 0 Å². The van der Waals surface area contributed by atoms with Crippen LogP contribution in [0.4, 0.5) is 8.78 Å². The number of carbonyl (C=O) groups is 1. The minimum absolute atomic E-state index is 0.00231. The Kier molecular flexibility index (Phi) is 5.93. The van der Waals surface area contributed by atoms with Gasteiger partial charge in [0.2, 0.25) is 10.0 Å². The number of halogens is 2. The van der Waals surface area contributed by atoms with Gasteiger partial charge in [-0.15, -0.1) is 0 Å². The number of nitrogens with zero attached hydrogens (tertiary/aromatic N) is 2. The number of benzene rings is 2. The molecule has 2 heterocycles. The lowest BCUT2D eigenvalue weighted by atomic mass is 10.1. The van der Waals surface area contributed by atoms with Crippen molar-refractivity contribution in [2.75, 3.05) is 13.1 Å². The van der Waals surface area contributed by atoms with Crippen LogP contribution in [0.5, 0.6) is 0 Å². The lowest BCUT2D eigenvalue weighted by Crippen LogP contribution is -2.41. The van der Waals surface area contributed by atoms with E-state index in [0.717, 1.165) is 23.1 Å². The van der Waals surface area contributed by atoms with Gasteiger partial charge in [-0.05, 0) is 36.4 Å². The number of carbonyl (C=O) groups excluding carboxylic acids is 1. The second-order valence-corrected chi connectivity index (χ2v) is 9.64. The van der Waals surface area contributed by atoms with Crippen molar-refractivity contribution in [3.8, 4) is 0 Å². The molecule has 2 atom stereocenters. The summed E-state index contributed by atoms with van der Waals surface area (Å²) in [6.45, 7) is 2.02. The molecule has 1 unspecified atom stereocenters. The molecule has 0 aliphatic carbocycles. The van der Waals surface area contributed by atoms with Crippen LogP contribution in [0.1, 0.15) is 23.7 Å². The quantitative estimate of drug-likeness (QED) is 0.608. The molecule has 1 aliphatic rings. The van der Waals surface area contributed by atoms with E-state index in [4.69, 9.17) is 0 Å². The summed E-state index contributed by atoms with van der Waals surface area (Å²) >= 11 is 0. The van der Waals surface area contributed by atoms with Gasteiger partial charge in [-0.25, -0.2) is 17.2 Å². The van der Waals surface area contributed by atoms with E-state index >= 15 is 0 Å². The highest BCUT2D eigenvalue weighted by Gasteiger charge is 2.35. The molecule has 1 amide bonds. The van der Waals surface area contributed by atoms with Gasteiger partial charge in [-0.1, -0.05) is 18.2 Å². The Morgan fingerprint density at radius 1 is 1.22 bits per heavy atom. The highest BCUT2D eigenvalue weighted by molar-refractivity contribution is 7.89. The molecule has 2 aromatic carbocycles. The molecule has 32 heavy (non-hydrogen) atoms. The molecule has 0 saturated carbocycles. The van der Waals surface area contributed by atoms with E-state index in [-0.39, 0.29) is 23.5 Å². The Bertz CT molecular complexity index is 1300. The number of aromatic nitrogens is 1. The molecule has 2 N–H and O–H groups in total. The van der Waals surface area contributed by atoms with Crippen LogP contribution in [0.3, 0.4) is 0 Å². The van der Waals surface area contributed by atoms with Gasteiger partial charge in [0.25, 0.3) is 5.91 Å². The van der Waals surface area contributed by atoms with E-state index in [0.29, 0.717) is 17.9 Å². The first-order valence-corrected chi connectivity index (χ1v) is 11.4. The number of pyridine rings is 1. The van der Waals surface area contributed by atoms with Crippen LogP contribution in [0.25, 0.3) is 10.8 Å². The maximum absolute atomic E-state index is 13.9. The molecule has 10 heteroatoms. The van der Waals surface area contributed by atoms with E-state index < -0.39 is 39.7 Å². The topological polar surface area (TPSA) is 99.6 Å². The summed E-state index contributed by atoms with van der Waals surface area (Å²) in [4.78, 5) is 16.6. The normalized spacial score (nSPS) is 18.1. The predicted octanol–water partition coefficient (Wildman–Crippen LogP) is 2.43. The van der Waals surface area contributed by atoms with Gasteiger partial charge in [0.05, 0.1) is 4.90 Å². The summed E-state index contributed by atoms with van der Waals surface area (Å²) in [6, 6.07) is 6.98. The summed E-state index contributed by atoms with van der Waals surface area (Å²) in [5.74, 6) is -2.75. The minimum Gasteiger partial charge on any atom is -0.378 e. The largest absolute Gasteiger partial charge is 0.378 e. The Morgan fingerprint density at radius 2 is 2.00 bits per heavy atom. The third kappa shape index (κ3) is 4.08. The van der Waals surface area contributed by atoms with Gasteiger partial charge < -0.3 is 10.4 Å². The molecular formula is C22H21F2N3O4S. The highest BCUT2D eigenvalue weighted by Crippen LogP contribution is 2.29. The number of rotatable bonds is 5. The van der Waals surface area contributed by atoms with Gasteiger partial charge in [-0.3, -0.25) is 9.78 Å². The molecule has 1 aliphatic heterocycles. The van der Waals surface area contributed by atoms with E-state index in [9.17, 15) is 27.1 Å². The Labute approximate surface area is 183 Å². The number of hydrogen-bond acceptors (Lipinski definition) is 5.